The maximum absolute atomic E-state index is 10.2. The molecular weight excluding hydrogens is 316 g/mol. The van der Waals surface area contributed by atoms with E-state index in [-0.39, 0.29) is 13.2 Å². The van der Waals surface area contributed by atoms with E-state index < -0.39 is 6.10 Å². The van der Waals surface area contributed by atoms with E-state index in [0.717, 1.165) is 45.9 Å². The Morgan fingerprint density at radius 1 is 1.40 bits per heavy atom. The van der Waals surface area contributed by atoms with Crippen LogP contribution < -0.4 is 0 Å². The van der Waals surface area contributed by atoms with Crippen LogP contribution in [0, 0.1) is 19.3 Å². The minimum Gasteiger partial charge on any atom is -0.389 e. The molecule has 5 nitrogen and oxygen atoms in total. The summed E-state index contributed by atoms with van der Waals surface area (Å²) in [4.78, 5) is 4.70. The Hall–Kier alpha value is -1.42. The minimum absolute atomic E-state index is 0.239. The second-order valence-electron chi connectivity index (χ2n) is 6.55. The van der Waals surface area contributed by atoms with E-state index in [1.165, 1.54) is 11.1 Å². The fraction of sp³-hybridized carbons (Fsp3) is 0.600. The van der Waals surface area contributed by atoms with Gasteiger partial charge in [0, 0.05) is 39.3 Å². The molecule has 0 radical (unpaired) electrons. The van der Waals surface area contributed by atoms with Crippen molar-refractivity contribution in [3.05, 3.63) is 35.4 Å². The molecule has 25 heavy (non-hydrogen) atoms. The molecule has 138 valence electrons. The molecule has 2 rings (SSSR count). The first-order valence-electron chi connectivity index (χ1n) is 8.94. The largest absolute Gasteiger partial charge is 0.389 e. The van der Waals surface area contributed by atoms with Crippen molar-refractivity contribution in [1.29, 1.82) is 0 Å². The number of terminal acetylenes is 1. The lowest BCUT2D eigenvalue weighted by molar-refractivity contribution is 0.0136. The Labute approximate surface area is 151 Å². The molecule has 1 aliphatic heterocycles. The molecule has 5 heteroatoms. The van der Waals surface area contributed by atoms with E-state index in [0.29, 0.717) is 6.54 Å². The minimum atomic E-state index is -0.539. The summed E-state index contributed by atoms with van der Waals surface area (Å²) < 4.78 is 10.7. The van der Waals surface area contributed by atoms with Crippen molar-refractivity contribution < 1.29 is 14.6 Å². The van der Waals surface area contributed by atoms with Gasteiger partial charge in [0.05, 0.1) is 25.9 Å². The molecule has 1 aromatic rings. The normalized spacial score (nSPS) is 16.7. The zero-order valence-electron chi connectivity index (χ0n) is 15.2. The van der Waals surface area contributed by atoms with Gasteiger partial charge in [-0.05, 0) is 12.5 Å². The van der Waals surface area contributed by atoms with Gasteiger partial charge in [-0.1, -0.05) is 35.7 Å². The monoisotopic (exact) mass is 346 g/mol. The van der Waals surface area contributed by atoms with Gasteiger partial charge in [-0.15, -0.1) is 6.42 Å². The number of nitrogens with zero attached hydrogens (tertiary/aromatic N) is 2. The number of benzene rings is 1. The summed E-state index contributed by atoms with van der Waals surface area (Å²) >= 11 is 0. The number of rotatable bonds is 10. The van der Waals surface area contributed by atoms with Gasteiger partial charge < -0.3 is 14.6 Å². The molecule has 1 aliphatic rings. The van der Waals surface area contributed by atoms with Crippen LogP contribution in [0.5, 0.6) is 0 Å². The molecular formula is C20H30N2O3. The number of hydrogen-bond donors (Lipinski definition) is 1. The number of ether oxygens (including phenoxy) is 2. The second-order valence-corrected chi connectivity index (χ2v) is 6.55. The van der Waals surface area contributed by atoms with Crippen LogP contribution in [0.3, 0.4) is 0 Å². The van der Waals surface area contributed by atoms with Gasteiger partial charge in [0.25, 0.3) is 0 Å². The van der Waals surface area contributed by atoms with E-state index in [1.807, 2.05) is 0 Å². The Bertz CT molecular complexity index is 538. The molecule has 1 saturated heterocycles. The molecule has 0 aliphatic carbocycles. The van der Waals surface area contributed by atoms with Crippen molar-refractivity contribution in [3.63, 3.8) is 0 Å². The molecule has 0 saturated carbocycles. The van der Waals surface area contributed by atoms with E-state index >= 15 is 0 Å². The Morgan fingerprint density at radius 3 is 2.92 bits per heavy atom. The van der Waals surface area contributed by atoms with Crippen LogP contribution in [0.2, 0.25) is 0 Å². The van der Waals surface area contributed by atoms with Crippen molar-refractivity contribution in [2.45, 2.75) is 19.6 Å². The highest BCUT2D eigenvalue weighted by molar-refractivity contribution is 5.22. The molecule has 1 aromatic carbocycles. The molecule has 1 N–H and O–H groups in total. The van der Waals surface area contributed by atoms with Crippen molar-refractivity contribution in [1.82, 2.24) is 9.80 Å². The topological polar surface area (TPSA) is 45.2 Å². The highest BCUT2D eigenvalue weighted by atomic mass is 16.5. The molecule has 1 atom stereocenters. The summed E-state index contributed by atoms with van der Waals surface area (Å²) in [7, 11) is 0. The van der Waals surface area contributed by atoms with Crippen LogP contribution in [-0.2, 0) is 16.0 Å². The van der Waals surface area contributed by atoms with Crippen LogP contribution in [-0.4, -0.2) is 80.2 Å². The SMILES string of the molecule is C#CCOCC(O)CN(CCN1CCOCC1)Cc1cccc(C)c1. The zero-order valence-corrected chi connectivity index (χ0v) is 15.2. The molecule has 0 spiro atoms. The molecule has 1 heterocycles. The quantitative estimate of drug-likeness (QED) is 0.508. The van der Waals surface area contributed by atoms with Gasteiger partial charge >= 0.3 is 0 Å². The Kier molecular flexibility index (Phi) is 8.95. The van der Waals surface area contributed by atoms with Crippen LogP contribution in [0.15, 0.2) is 24.3 Å². The van der Waals surface area contributed by atoms with Crippen molar-refractivity contribution >= 4 is 0 Å². The van der Waals surface area contributed by atoms with Crippen molar-refractivity contribution in [2.24, 2.45) is 0 Å². The lowest BCUT2D eigenvalue weighted by Crippen LogP contribution is -2.43. The third-order valence-electron chi connectivity index (χ3n) is 4.29. The highest BCUT2D eigenvalue weighted by Gasteiger charge is 2.16. The summed E-state index contributed by atoms with van der Waals surface area (Å²) in [5.41, 5.74) is 2.52. The average Bonchev–Trinajstić information content (AvgIpc) is 2.61. The maximum atomic E-state index is 10.2. The van der Waals surface area contributed by atoms with Crippen molar-refractivity contribution in [2.75, 3.05) is 59.2 Å². The van der Waals surface area contributed by atoms with Gasteiger partial charge in [-0.25, -0.2) is 0 Å². The van der Waals surface area contributed by atoms with E-state index in [1.54, 1.807) is 0 Å². The van der Waals surface area contributed by atoms with Gasteiger partial charge in [0.15, 0.2) is 0 Å². The van der Waals surface area contributed by atoms with E-state index in [2.05, 4.69) is 46.9 Å². The summed E-state index contributed by atoms with van der Waals surface area (Å²) in [6.07, 6.45) is 4.64. The number of hydrogen-bond acceptors (Lipinski definition) is 5. The molecule has 1 fully saturated rings. The molecule has 0 amide bonds. The average molecular weight is 346 g/mol. The lowest BCUT2D eigenvalue weighted by atomic mass is 10.1. The Balaban J connectivity index is 1.88. The lowest BCUT2D eigenvalue weighted by Gasteiger charge is -2.31. The number of aliphatic hydroxyl groups is 1. The number of morpholine rings is 1. The first-order chi connectivity index (χ1) is 12.2. The van der Waals surface area contributed by atoms with Crippen LogP contribution in [0.25, 0.3) is 0 Å². The van der Waals surface area contributed by atoms with Gasteiger partial charge in [-0.2, -0.15) is 0 Å². The van der Waals surface area contributed by atoms with Crippen LogP contribution in [0.4, 0.5) is 0 Å². The van der Waals surface area contributed by atoms with E-state index in [4.69, 9.17) is 15.9 Å². The summed E-state index contributed by atoms with van der Waals surface area (Å²) in [5.74, 6) is 2.43. The smallest absolute Gasteiger partial charge is 0.107 e. The summed E-state index contributed by atoms with van der Waals surface area (Å²) in [5, 5.41) is 10.2. The maximum Gasteiger partial charge on any atom is 0.107 e. The predicted molar refractivity (Wildman–Crippen MR) is 99.4 cm³/mol. The fourth-order valence-electron chi connectivity index (χ4n) is 3.02. The van der Waals surface area contributed by atoms with Crippen LogP contribution in [0.1, 0.15) is 11.1 Å². The highest BCUT2D eigenvalue weighted by Crippen LogP contribution is 2.09. The van der Waals surface area contributed by atoms with E-state index in [9.17, 15) is 5.11 Å². The Morgan fingerprint density at radius 2 is 2.20 bits per heavy atom. The zero-order chi connectivity index (χ0) is 17.9. The van der Waals surface area contributed by atoms with Gasteiger partial charge in [0.2, 0.25) is 0 Å². The molecule has 0 aromatic heterocycles. The second kappa shape index (κ2) is 11.2. The molecule has 1 unspecified atom stereocenters. The van der Waals surface area contributed by atoms with Crippen LogP contribution >= 0.6 is 0 Å². The first-order valence-corrected chi connectivity index (χ1v) is 8.94. The first kappa shape index (κ1) is 19.9. The third-order valence-corrected chi connectivity index (χ3v) is 4.29. The standard InChI is InChI=1S/C20H30N2O3/c1-3-11-25-17-20(23)16-22(8-7-21-9-12-24-13-10-21)15-19-6-4-5-18(2)14-19/h1,4-6,14,20,23H,7-13,15-17H2,2H3. The summed E-state index contributed by atoms with van der Waals surface area (Å²) in [6, 6.07) is 8.51. The summed E-state index contributed by atoms with van der Waals surface area (Å²) in [6.45, 7) is 9.45. The van der Waals surface area contributed by atoms with Gasteiger partial charge in [-0.3, -0.25) is 9.80 Å². The fourth-order valence-corrected chi connectivity index (χ4v) is 3.02. The van der Waals surface area contributed by atoms with Crippen molar-refractivity contribution in [3.8, 4) is 12.3 Å². The third kappa shape index (κ3) is 8.00. The number of aryl methyl sites for hydroxylation is 1. The predicted octanol–water partition coefficient (Wildman–Crippen LogP) is 1.14. The van der Waals surface area contributed by atoms with Gasteiger partial charge in [0.1, 0.15) is 6.61 Å². The number of aliphatic hydroxyl groups excluding tert-OH is 1. The molecule has 0 bridgehead atoms.